The topological polar surface area (TPSA) is 35.2 Å². The Hall–Kier alpha value is -0.730. The summed E-state index contributed by atoms with van der Waals surface area (Å²) >= 11 is 5.98. The Balaban J connectivity index is 2.24. The van der Waals surface area contributed by atoms with Crippen molar-refractivity contribution in [2.24, 2.45) is 11.7 Å². The van der Waals surface area contributed by atoms with Crippen LogP contribution in [0.5, 0.6) is 5.75 Å². The zero-order chi connectivity index (χ0) is 12.4. The monoisotopic (exact) mass is 253 g/mol. The van der Waals surface area contributed by atoms with Gasteiger partial charge < -0.3 is 10.5 Å². The van der Waals surface area contributed by atoms with Gasteiger partial charge in [-0.2, -0.15) is 0 Å². The van der Waals surface area contributed by atoms with Crippen LogP contribution in [0, 0.1) is 5.92 Å². The Morgan fingerprint density at radius 2 is 2.12 bits per heavy atom. The second-order valence-corrected chi connectivity index (χ2v) is 5.19. The molecule has 2 N–H and O–H groups in total. The van der Waals surface area contributed by atoms with Crippen LogP contribution in [-0.4, -0.2) is 6.10 Å². The minimum atomic E-state index is 0.0445. The number of benzene rings is 1. The van der Waals surface area contributed by atoms with Gasteiger partial charge in [0.05, 0.1) is 0 Å². The van der Waals surface area contributed by atoms with Crippen molar-refractivity contribution in [1.82, 2.24) is 0 Å². The SMILES string of the molecule is CCC(CC)C1C[C@H](N)c2cc(Cl)ccc2O1. The summed E-state index contributed by atoms with van der Waals surface area (Å²) in [4.78, 5) is 0. The maximum Gasteiger partial charge on any atom is 0.124 e. The second-order valence-electron chi connectivity index (χ2n) is 4.76. The highest BCUT2D eigenvalue weighted by molar-refractivity contribution is 6.30. The molecule has 1 unspecified atom stereocenters. The van der Waals surface area contributed by atoms with Crippen molar-refractivity contribution in [2.45, 2.75) is 45.3 Å². The summed E-state index contributed by atoms with van der Waals surface area (Å²) in [6, 6.07) is 5.77. The Labute approximate surface area is 108 Å². The van der Waals surface area contributed by atoms with Crippen molar-refractivity contribution < 1.29 is 4.74 Å². The fourth-order valence-corrected chi connectivity index (χ4v) is 2.79. The fraction of sp³-hybridized carbons (Fsp3) is 0.571. The van der Waals surface area contributed by atoms with E-state index in [2.05, 4.69) is 13.8 Å². The van der Waals surface area contributed by atoms with E-state index in [4.69, 9.17) is 22.1 Å². The summed E-state index contributed by atoms with van der Waals surface area (Å²) in [6.07, 6.45) is 3.40. The molecular formula is C14H20ClNO. The van der Waals surface area contributed by atoms with Crippen LogP contribution in [0.2, 0.25) is 5.02 Å². The van der Waals surface area contributed by atoms with Crippen molar-refractivity contribution in [1.29, 1.82) is 0 Å². The molecule has 0 spiro atoms. The number of halogens is 1. The van der Waals surface area contributed by atoms with Crippen LogP contribution in [0.15, 0.2) is 18.2 Å². The lowest BCUT2D eigenvalue weighted by molar-refractivity contribution is 0.0944. The van der Waals surface area contributed by atoms with E-state index in [1.54, 1.807) is 0 Å². The molecule has 0 saturated heterocycles. The number of nitrogens with two attached hydrogens (primary N) is 1. The normalized spacial score (nSPS) is 23.4. The Morgan fingerprint density at radius 1 is 1.41 bits per heavy atom. The molecule has 0 fully saturated rings. The highest BCUT2D eigenvalue weighted by Crippen LogP contribution is 2.38. The summed E-state index contributed by atoms with van der Waals surface area (Å²) in [5.41, 5.74) is 7.26. The van der Waals surface area contributed by atoms with Crippen LogP contribution in [0.3, 0.4) is 0 Å². The number of fused-ring (bicyclic) bond motifs is 1. The van der Waals surface area contributed by atoms with Crippen molar-refractivity contribution in [3.05, 3.63) is 28.8 Å². The van der Waals surface area contributed by atoms with E-state index in [-0.39, 0.29) is 12.1 Å². The summed E-state index contributed by atoms with van der Waals surface area (Å²) in [5.74, 6) is 1.50. The lowest BCUT2D eigenvalue weighted by Gasteiger charge is -2.34. The number of rotatable bonds is 3. The smallest absolute Gasteiger partial charge is 0.124 e. The van der Waals surface area contributed by atoms with Gasteiger partial charge in [-0.05, 0) is 37.0 Å². The number of ether oxygens (including phenoxy) is 1. The zero-order valence-corrected chi connectivity index (χ0v) is 11.2. The lowest BCUT2D eigenvalue weighted by Crippen LogP contribution is -2.34. The van der Waals surface area contributed by atoms with E-state index in [1.165, 1.54) is 0 Å². The third-order valence-corrected chi connectivity index (χ3v) is 3.95. The molecule has 2 atom stereocenters. The Bertz CT molecular complexity index is 390. The van der Waals surface area contributed by atoms with Gasteiger partial charge in [0.15, 0.2) is 0 Å². The summed E-state index contributed by atoms with van der Waals surface area (Å²) in [6.45, 7) is 4.42. The van der Waals surface area contributed by atoms with Crippen molar-refractivity contribution in [2.75, 3.05) is 0 Å². The summed E-state index contributed by atoms with van der Waals surface area (Å²) in [5, 5.41) is 0.726. The van der Waals surface area contributed by atoms with Crippen molar-refractivity contribution >= 4 is 11.6 Å². The molecule has 1 aromatic rings. The van der Waals surface area contributed by atoms with Gasteiger partial charge in [0.2, 0.25) is 0 Å². The summed E-state index contributed by atoms with van der Waals surface area (Å²) < 4.78 is 6.06. The van der Waals surface area contributed by atoms with Crippen LogP contribution < -0.4 is 10.5 Å². The van der Waals surface area contributed by atoms with Crippen molar-refractivity contribution in [3.8, 4) is 5.75 Å². The van der Waals surface area contributed by atoms with E-state index in [0.717, 1.165) is 35.6 Å². The highest BCUT2D eigenvalue weighted by Gasteiger charge is 2.30. The number of hydrogen-bond acceptors (Lipinski definition) is 2. The van der Waals surface area contributed by atoms with Gasteiger partial charge in [-0.25, -0.2) is 0 Å². The van der Waals surface area contributed by atoms with Crippen LogP contribution in [0.25, 0.3) is 0 Å². The largest absolute Gasteiger partial charge is 0.490 e. The molecule has 3 heteroatoms. The zero-order valence-electron chi connectivity index (χ0n) is 10.4. The van der Waals surface area contributed by atoms with Crippen LogP contribution >= 0.6 is 11.6 Å². The first-order valence-electron chi connectivity index (χ1n) is 6.37. The van der Waals surface area contributed by atoms with Crippen LogP contribution in [0.1, 0.15) is 44.7 Å². The third-order valence-electron chi connectivity index (χ3n) is 3.71. The first-order valence-corrected chi connectivity index (χ1v) is 6.75. The molecule has 0 bridgehead atoms. The van der Waals surface area contributed by atoms with Crippen molar-refractivity contribution in [3.63, 3.8) is 0 Å². The van der Waals surface area contributed by atoms with Gasteiger partial charge >= 0.3 is 0 Å². The average Bonchev–Trinajstić information content (AvgIpc) is 2.32. The molecule has 2 rings (SSSR count). The predicted molar refractivity (Wildman–Crippen MR) is 71.5 cm³/mol. The van der Waals surface area contributed by atoms with Crippen LogP contribution in [-0.2, 0) is 0 Å². The van der Waals surface area contributed by atoms with Gasteiger partial charge in [0.1, 0.15) is 11.9 Å². The predicted octanol–water partition coefficient (Wildman–Crippen LogP) is 3.93. The van der Waals surface area contributed by atoms with E-state index in [9.17, 15) is 0 Å². The first kappa shape index (κ1) is 12.7. The first-order chi connectivity index (χ1) is 8.15. The van der Waals surface area contributed by atoms with Crippen LogP contribution in [0.4, 0.5) is 0 Å². The fourth-order valence-electron chi connectivity index (χ4n) is 2.61. The summed E-state index contributed by atoms with van der Waals surface area (Å²) in [7, 11) is 0. The minimum Gasteiger partial charge on any atom is -0.490 e. The standard InChI is InChI=1S/C14H20ClNO/c1-3-9(4-2)14-8-12(16)11-7-10(15)5-6-13(11)17-14/h5-7,9,12,14H,3-4,8,16H2,1-2H3/t12-,14?/m0/s1. The Morgan fingerprint density at radius 3 is 2.76 bits per heavy atom. The quantitative estimate of drug-likeness (QED) is 0.886. The molecule has 1 heterocycles. The molecule has 17 heavy (non-hydrogen) atoms. The van der Waals surface area contributed by atoms with E-state index < -0.39 is 0 Å². The van der Waals surface area contributed by atoms with E-state index in [0.29, 0.717) is 5.92 Å². The molecule has 1 aliphatic heterocycles. The van der Waals surface area contributed by atoms with Gasteiger partial charge in [-0.3, -0.25) is 0 Å². The minimum absolute atomic E-state index is 0.0445. The third kappa shape index (κ3) is 2.58. The molecular weight excluding hydrogens is 234 g/mol. The number of hydrogen-bond donors (Lipinski definition) is 1. The Kier molecular flexibility index (Phi) is 3.95. The molecule has 0 amide bonds. The molecule has 0 aromatic heterocycles. The molecule has 94 valence electrons. The maximum atomic E-state index is 6.21. The molecule has 2 nitrogen and oxygen atoms in total. The van der Waals surface area contributed by atoms with Gasteiger partial charge in [0.25, 0.3) is 0 Å². The molecule has 0 radical (unpaired) electrons. The molecule has 1 aromatic carbocycles. The highest BCUT2D eigenvalue weighted by atomic mass is 35.5. The molecule has 0 aliphatic carbocycles. The molecule has 1 aliphatic rings. The van der Waals surface area contributed by atoms with Gasteiger partial charge in [0, 0.05) is 23.0 Å². The van der Waals surface area contributed by atoms with E-state index in [1.807, 2.05) is 18.2 Å². The van der Waals surface area contributed by atoms with E-state index >= 15 is 0 Å². The maximum absolute atomic E-state index is 6.21. The average molecular weight is 254 g/mol. The second kappa shape index (κ2) is 5.28. The molecule has 0 saturated carbocycles. The lowest BCUT2D eigenvalue weighted by atomic mass is 9.87. The van der Waals surface area contributed by atoms with Gasteiger partial charge in [-0.1, -0.05) is 25.4 Å². The van der Waals surface area contributed by atoms with Gasteiger partial charge in [-0.15, -0.1) is 0 Å².